The van der Waals surface area contributed by atoms with Crippen molar-refractivity contribution in [3.8, 4) is 17.5 Å². The topological polar surface area (TPSA) is 49.6 Å². The average molecular weight is 404 g/mol. The fourth-order valence-electron chi connectivity index (χ4n) is 4.75. The number of hydrogen-bond donors (Lipinski definition) is 0. The molecule has 1 fully saturated rings. The van der Waals surface area contributed by atoms with Crippen LogP contribution in [0.1, 0.15) is 102 Å². The van der Waals surface area contributed by atoms with Gasteiger partial charge in [-0.25, -0.2) is 9.97 Å². The molecule has 0 unspecified atom stereocenters. The van der Waals surface area contributed by atoms with Gasteiger partial charge in [0.05, 0.1) is 11.5 Å². The molecule has 3 heteroatoms. The van der Waals surface area contributed by atoms with E-state index in [0.717, 1.165) is 49.9 Å². The van der Waals surface area contributed by atoms with E-state index in [1.807, 2.05) is 12.4 Å². The Morgan fingerprint density at radius 3 is 2.17 bits per heavy atom. The summed E-state index contributed by atoms with van der Waals surface area (Å²) in [4.78, 5) is 9.18. The summed E-state index contributed by atoms with van der Waals surface area (Å²) in [6.07, 6.45) is 17.8. The van der Waals surface area contributed by atoms with Crippen LogP contribution in [-0.2, 0) is 6.42 Å². The van der Waals surface area contributed by atoms with E-state index in [-0.39, 0.29) is 5.41 Å². The van der Waals surface area contributed by atoms with E-state index in [1.54, 1.807) is 0 Å². The smallest absolute Gasteiger partial charge is 0.159 e. The SMILES string of the molecule is CCCCCc1cnc(-c2ccc([C@H]3CC[C@@](C#N)(CCCCC)CC3)cc2)nc1. The number of benzene rings is 1. The Morgan fingerprint density at radius 1 is 0.933 bits per heavy atom. The monoisotopic (exact) mass is 403 g/mol. The fourth-order valence-corrected chi connectivity index (χ4v) is 4.75. The van der Waals surface area contributed by atoms with Crippen LogP contribution >= 0.6 is 0 Å². The van der Waals surface area contributed by atoms with E-state index < -0.39 is 0 Å². The number of hydrogen-bond acceptors (Lipinski definition) is 3. The van der Waals surface area contributed by atoms with Gasteiger partial charge in [0.25, 0.3) is 0 Å². The Kier molecular flexibility index (Phi) is 8.43. The highest BCUT2D eigenvalue weighted by Crippen LogP contribution is 2.45. The maximum absolute atomic E-state index is 9.78. The molecule has 30 heavy (non-hydrogen) atoms. The van der Waals surface area contributed by atoms with Gasteiger partial charge in [-0.2, -0.15) is 5.26 Å². The van der Waals surface area contributed by atoms with Crippen molar-refractivity contribution in [3.05, 3.63) is 47.8 Å². The molecule has 1 heterocycles. The minimum atomic E-state index is -0.0711. The van der Waals surface area contributed by atoms with Crippen LogP contribution in [-0.4, -0.2) is 9.97 Å². The molecule has 1 aromatic carbocycles. The Labute approximate surface area is 183 Å². The molecule has 1 aliphatic carbocycles. The second kappa shape index (κ2) is 11.3. The highest BCUT2D eigenvalue weighted by molar-refractivity contribution is 5.55. The van der Waals surface area contributed by atoms with Crippen LogP contribution in [0.3, 0.4) is 0 Å². The first-order valence-corrected chi connectivity index (χ1v) is 12.0. The number of unbranched alkanes of at least 4 members (excludes halogenated alkanes) is 4. The maximum atomic E-state index is 9.78. The van der Waals surface area contributed by atoms with E-state index in [4.69, 9.17) is 0 Å². The van der Waals surface area contributed by atoms with Gasteiger partial charge in [-0.15, -0.1) is 0 Å². The Balaban J connectivity index is 1.57. The molecular weight excluding hydrogens is 366 g/mol. The molecule has 1 saturated carbocycles. The summed E-state index contributed by atoms with van der Waals surface area (Å²) in [7, 11) is 0. The Morgan fingerprint density at radius 2 is 1.57 bits per heavy atom. The van der Waals surface area contributed by atoms with E-state index >= 15 is 0 Å². The highest BCUT2D eigenvalue weighted by Gasteiger charge is 2.35. The first-order chi connectivity index (χ1) is 14.7. The van der Waals surface area contributed by atoms with Crippen molar-refractivity contribution in [2.75, 3.05) is 0 Å². The standard InChI is InChI=1S/C27H37N3/c1-3-5-7-9-22-19-29-26(30-20-22)25-12-10-23(11-13-25)24-14-17-27(21-28,18-15-24)16-8-6-4-2/h10-13,19-20,24H,3-9,14-18H2,1-2H3/t24-,27-. The second-order valence-electron chi connectivity index (χ2n) is 9.12. The van der Waals surface area contributed by atoms with Crippen LogP contribution in [0.2, 0.25) is 0 Å². The summed E-state index contributed by atoms with van der Waals surface area (Å²) in [5, 5.41) is 9.78. The fraction of sp³-hybridized carbons (Fsp3) is 0.593. The molecular formula is C27H37N3. The number of nitrogens with zero attached hydrogens (tertiary/aromatic N) is 3. The van der Waals surface area contributed by atoms with Crippen LogP contribution in [0.25, 0.3) is 11.4 Å². The molecule has 3 nitrogen and oxygen atoms in total. The van der Waals surface area contributed by atoms with Crippen molar-refractivity contribution in [3.63, 3.8) is 0 Å². The van der Waals surface area contributed by atoms with Crippen LogP contribution in [0, 0.1) is 16.7 Å². The van der Waals surface area contributed by atoms with Crippen molar-refractivity contribution in [2.45, 2.75) is 96.8 Å². The molecule has 0 radical (unpaired) electrons. The van der Waals surface area contributed by atoms with Crippen LogP contribution in [0.4, 0.5) is 0 Å². The highest BCUT2D eigenvalue weighted by atomic mass is 14.9. The Bertz CT molecular complexity index is 793. The number of nitriles is 1. The van der Waals surface area contributed by atoms with Crippen molar-refractivity contribution in [2.24, 2.45) is 5.41 Å². The molecule has 2 aromatic rings. The van der Waals surface area contributed by atoms with Gasteiger partial charge in [0.15, 0.2) is 5.82 Å². The predicted octanol–water partition coefficient (Wildman–Crippen LogP) is 7.62. The molecule has 1 aliphatic rings. The van der Waals surface area contributed by atoms with Crippen molar-refractivity contribution >= 4 is 0 Å². The first-order valence-electron chi connectivity index (χ1n) is 12.0. The predicted molar refractivity (Wildman–Crippen MR) is 124 cm³/mol. The summed E-state index contributed by atoms with van der Waals surface area (Å²) in [5.74, 6) is 1.39. The molecule has 0 atom stereocenters. The average Bonchev–Trinajstić information content (AvgIpc) is 2.80. The lowest BCUT2D eigenvalue weighted by Crippen LogP contribution is -2.25. The quantitative estimate of drug-likeness (QED) is 0.383. The van der Waals surface area contributed by atoms with Gasteiger partial charge in [0.2, 0.25) is 0 Å². The first kappa shape index (κ1) is 22.5. The normalized spacial score (nSPS) is 21.3. The second-order valence-corrected chi connectivity index (χ2v) is 9.12. The lowest BCUT2D eigenvalue weighted by molar-refractivity contribution is 0.223. The van der Waals surface area contributed by atoms with E-state index in [0.29, 0.717) is 5.92 Å². The van der Waals surface area contributed by atoms with E-state index in [1.165, 1.54) is 49.7 Å². The molecule has 0 saturated heterocycles. The van der Waals surface area contributed by atoms with Crippen LogP contribution in [0.5, 0.6) is 0 Å². The van der Waals surface area contributed by atoms with Crippen molar-refractivity contribution < 1.29 is 0 Å². The van der Waals surface area contributed by atoms with Gasteiger partial charge < -0.3 is 0 Å². The summed E-state index contributed by atoms with van der Waals surface area (Å²) >= 11 is 0. The largest absolute Gasteiger partial charge is 0.236 e. The third-order valence-electron chi connectivity index (χ3n) is 6.85. The van der Waals surface area contributed by atoms with Gasteiger partial charge in [0.1, 0.15) is 0 Å². The van der Waals surface area contributed by atoms with E-state index in [2.05, 4.69) is 54.2 Å². The van der Waals surface area contributed by atoms with Crippen molar-refractivity contribution in [1.29, 1.82) is 5.26 Å². The number of aryl methyl sites for hydroxylation is 1. The number of rotatable bonds is 10. The Hall–Kier alpha value is -2.21. The molecule has 160 valence electrons. The molecule has 1 aromatic heterocycles. The van der Waals surface area contributed by atoms with Crippen LogP contribution < -0.4 is 0 Å². The van der Waals surface area contributed by atoms with Gasteiger partial charge >= 0.3 is 0 Å². The zero-order valence-electron chi connectivity index (χ0n) is 18.9. The number of aromatic nitrogens is 2. The third-order valence-corrected chi connectivity index (χ3v) is 6.85. The zero-order valence-corrected chi connectivity index (χ0v) is 18.9. The summed E-state index contributed by atoms with van der Waals surface area (Å²) in [5.41, 5.74) is 3.64. The molecule has 0 N–H and O–H groups in total. The summed E-state index contributed by atoms with van der Waals surface area (Å²) in [6, 6.07) is 11.5. The molecule has 0 amide bonds. The summed E-state index contributed by atoms with van der Waals surface area (Å²) in [6.45, 7) is 4.46. The summed E-state index contributed by atoms with van der Waals surface area (Å²) < 4.78 is 0. The van der Waals surface area contributed by atoms with Crippen molar-refractivity contribution in [1.82, 2.24) is 9.97 Å². The molecule has 0 spiro atoms. The van der Waals surface area contributed by atoms with Gasteiger partial charge in [-0.1, -0.05) is 70.2 Å². The van der Waals surface area contributed by atoms with Gasteiger partial charge in [-0.3, -0.25) is 0 Å². The van der Waals surface area contributed by atoms with Gasteiger partial charge in [-0.05, 0) is 62.0 Å². The minimum absolute atomic E-state index is 0.0711. The van der Waals surface area contributed by atoms with Gasteiger partial charge in [0, 0.05) is 18.0 Å². The minimum Gasteiger partial charge on any atom is -0.236 e. The lowest BCUT2D eigenvalue weighted by Gasteiger charge is -2.35. The maximum Gasteiger partial charge on any atom is 0.159 e. The van der Waals surface area contributed by atoms with Crippen LogP contribution in [0.15, 0.2) is 36.7 Å². The van der Waals surface area contributed by atoms with E-state index in [9.17, 15) is 5.26 Å². The zero-order chi connectivity index (χ0) is 21.2. The molecule has 0 aliphatic heterocycles. The molecule has 3 rings (SSSR count). The third kappa shape index (κ3) is 5.91. The molecule has 0 bridgehead atoms. The lowest BCUT2D eigenvalue weighted by atomic mass is 9.67.